The van der Waals surface area contributed by atoms with Gasteiger partial charge in [0.15, 0.2) is 0 Å². The number of anilines is 2. The van der Waals surface area contributed by atoms with Gasteiger partial charge in [-0.1, -0.05) is 66.7 Å². The molecular weight excluding hydrogens is 872 g/mol. The number of aromatic nitrogens is 1. The standard InChI is InChI=1S/C48H49N5O7.C2HF3O2/c1-53(2)39-24-34(25-40(53)47-46(39)60-47)59-48(58)51-38-22-28(12-16-35(38)30-8-4-3-5-9-30)7-6-10-43(56)50-33-15-14-31-21-29(11-13-32(31)23-33)26-49-27-42(55)36-17-19-41(54)45-37(36)18-20-44(57)52-45;3-2(4,5)1(6)7/h3-5,8-9,11-23,34,39-40,42,46-47,49,55H,6-7,10,24-27H2,1-2H3,(H3-,50,51,52,54,56,57,58);(H,6,7)/t34?,39-,40+,42-,46-,47+;/m0./s1. The number of aromatic amines is 1. The predicted octanol–water partition coefficient (Wildman–Crippen LogP) is 6.44. The quantitative estimate of drug-likeness (QED) is 0.0552. The lowest BCUT2D eigenvalue weighted by molar-refractivity contribution is -0.938. The van der Waals surface area contributed by atoms with Gasteiger partial charge in [0.05, 0.1) is 31.4 Å². The van der Waals surface area contributed by atoms with E-state index in [-0.39, 0.29) is 42.1 Å². The molecule has 4 heterocycles. The number of phenols is 1. The minimum Gasteiger partial charge on any atom is -0.542 e. The molecule has 6 atom stereocenters. The van der Waals surface area contributed by atoms with Crippen molar-refractivity contribution in [2.45, 2.75) is 81.3 Å². The van der Waals surface area contributed by atoms with Crippen LogP contribution in [0.15, 0.2) is 114 Å². The molecule has 0 radical (unpaired) electrons. The van der Waals surface area contributed by atoms with Crippen molar-refractivity contribution in [3.8, 4) is 16.9 Å². The lowest BCUT2D eigenvalue weighted by Gasteiger charge is -2.45. The van der Waals surface area contributed by atoms with Gasteiger partial charge in [0.25, 0.3) is 0 Å². The molecule has 67 heavy (non-hydrogen) atoms. The van der Waals surface area contributed by atoms with Crippen LogP contribution in [-0.4, -0.2) is 94.9 Å². The molecule has 3 fully saturated rings. The molecule has 9 rings (SSSR count). The van der Waals surface area contributed by atoms with E-state index in [4.69, 9.17) is 19.4 Å². The molecule has 6 N–H and O–H groups in total. The molecule has 6 aromatic rings. The summed E-state index contributed by atoms with van der Waals surface area (Å²) in [7, 11) is 4.52. The van der Waals surface area contributed by atoms with E-state index in [1.54, 1.807) is 12.1 Å². The van der Waals surface area contributed by atoms with Crippen molar-refractivity contribution >= 4 is 51.0 Å². The molecule has 2 amide bonds. The molecular formula is C50H50F3N5O9. The highest BCUT2D eigenvalue weighted by molar-refractivity contribution is 5.95. The number of carbonyl (C=O) groups excluding carboxylic acids is 3. The number of aryl methyl sites for hydroxylation is 1. The number of pyridine rings is 1. The number of hydrogen-bond acceptors (Lipinski definition) is 10. The highest BCUT2D eigenvalue weighted by Gasteiger charge is 2.70. The van der Waals surface area contributed by atoms with Crippen molar-refractivity contribution in [3.05, 3.63) is 136 Å². The number of alkyl halides is 3. The van der Waals surface area contributed by atoms with Crippen molar-refractivity contribution in [1.82, 2.24) is 10.3 Å². The number of carboxylic acids is 1. The lowest BCUT2D eigenvalue weighted by atomic mass is 9.96. The number of carboxylic acid groups (broad SMARTS) is 1. The third-order valence-electron chi connectivity index (χ3n) is 12.9. The van der Waals surface area contributed by atoms with Gasteiger partial charge in [-0.3, -0.25) is 14.9 Å². The van der Waals surface area contributed by atoms with Crippen LogP contribution in [-0.2, 0) is 32.0 Å². The number of aliphatic hydroxyl groups is 1. The maximum absolute atomic E-state index is 13.3. The second-order valence-electron chi connectivity index (χ2n) is 17.7. The molecule has 350 valence electrons. The van der Waals surface area contributed by atoms with Crippen molar-refractivity contribution < 1.29 is 56.8 Å². The minimum absolute atomic E-state index is 0.0480. The summed E-state index contributed by atoms with van der Waals surface area (Å²) >= 11 is 0. The number of carbonyl (C=O) groups is 3. The Morgan fingerprint density at radius 2 is 1.57 bits per heavy atom. The summed E-state index contributed by atoms with van der Waals surface area (Å²) < 4.78 is 44.4. The summed E-state index contributed by atoms with van der Waals surface area (Å²) in [6.45, 7) is 0.787. The Morgan fingerprint density at radius 1 is 0.881 bits per heavy atom. The largest absolute Gasteiger partial charge is 0.542 e. The normalized spacial score (nSPS) is 20.5. The van der Waals surface area contributed by atoms with E-state index < -0.39 is 24.3 Å². The highest BCUT2D eigenvalue weighted by atomic mass is 19.4. The Kier molecular flexibility index (Phi) is 13.4. The number of H-pyrrole nitrogens is 1. The van der Waals surface area contributed by atoms with Gasteiger partial charge in [-0.25, -0.2) is 4.79 Å². The highest BCUT2D eigenvalue weighted by Crippen LogP contribution is 2.51. The van der Waals surface area contributed by atoms with Crippen LogP contribution < -0.4 is 26.6 Å². The number of fused-ring (bicyclic) bond motifs is 7. The fraction of sp³-hybridized carbons (Fsp3) is 0.320. The van der Waals surface area contributed by atoms with Crippen LogP contribution in [0.2, 0.25) is 0 Å². The number of nitrogens with zero attached hydrogens (tertiary/aromatic N) is 1. The molecule has 1 aromatic heterocycles. The number of aromatic hydroxyl groups is 1. The number of piperidine rings is 1. The number of aliphatic carboxylic acids is 1. The van der Waals surface area contributed by atoms with Gasteiger partial charge in [-0.05, 0) is 82.3 Å². The summed E-state index contributed by atoms with van der Waals surface area (Å²) in [6, 6.07) is 34.8. The van der Waals surface area contributed by atoms with E-state index >= 15 is 0 Å². The number of epoxide rings is 1. The van der Waals surface area contributed by atoms with E-state index in [0.29, 0.717) is 60.0 Å². The summed E-state index contributed by atoms with van der Waals surface area (Å²) in [5.74, 6) is -3.13. The average Bonchev–Trinajstić information content (AvgIpc) is 4.06. The number of aliphatic hydroxyl groups excluding tert-OH is 1. The molecule has 5 aromatic carbocycles. The first-order valence-electron chi connectivity index (χ1n) is 21.9. The van der Waals surface area contributed by atoms with Crippen LogP contribution in [0.25, 0.3) is 32.8 Å². The molecule has 2 bridgehead atoms. The Hall–Kier alpha value is -6.79. The van der Waals surface area contributed by atoms with Crippen LogP contribution in [0.1, 0.15) is 48.5 Å². The first-order chi connectivity index (χ1) is 31.9. The number of quaternary nitrogens is 1. The van der Waals surface area contributed by atoms with Crippen LogP contribution in [0.4, 0.5) is 29.3 Å². The summed E-state index contributed by atoms with van der Waals surface area (Å²) in [6.07, 6.45) is -2.85. The lowest BCUT2D eigenvalue weighted by Crippen LogP contribution is -2.60. The number of hydrogen-bond donors (Lipinski definition) is 6. The summed E-state index contributed by atoms with van der Waals surface area (Å²) in [4.78, 5) is 49.6. The van der Waals surface area contributed by atoms with Gasteiger partial charge in [0.1, 0.15) is 42.1 Å². The second kappa shape index (κ2) is 19.2. The number of nitrogens with one attached hydrogen (secondary N) is 4. The van der Waals surface area contributed by atoms with E-state index in [1.165, 1.54) is 12.1 Å². The molecule has 0 aliphatic carbocycles. The Balaban J connectivity index is 0.000000807. The van der Waals surface area contributed by atoms with Crippen LogP contribution in [0.5, 0.6) is 5.75 Å². The Labute approximate surface area is 382 Å². The predicted molar refractivity (Wildman–Crippen MR) is 243 cm³/mol. The Bertz CT molecular complexity index is 2850. The monoisotopic (exact) mass is 921 g/mol. The number of ether oxygens (including phenoxy) is 2. The minimum atomic E-state index is -5.19. The number of halogens is 3. The smallest absolute Gasteiger partial charge is 0.430 e. The topological polar surface area (TPSA) is 205 Å². The maximum Gasteiger partial charge on any atom is 0.430 e. The molecule has 3 aliphatic rings. The van der Waals surface area contributed by atoms with Gasteiger partial charge in [-0.2, -0.15) is 13.2 Å². The zero-order valence-electron chi connectivity index (χ0n) is 36.6. The molecule has 3 aliphatic heterocycles. The SMILES string of the molecule is C[N+]1(C)[C@@H]2CC(OC(=O)Nc3cc(CCCC(=O)Nc4ccc5cc(CNC[C@H](O)c6ccc(O)c7[nH]c(=O)ccc67)ccc5c4)ccc3-c3ccccc3)C[C@H]1[C@@H]1O[C@@H]12.O=C([O-])C(F)(F)F. The van der Waals surface area contributed by atoms with Crippen molar-refractivity contribution in [1.29, 1.82) is 0 Å². The van der Waals surface area contributed by atoms with Crippen LogP contribution >= 0.6 is 0 Å². The Morgan fingerprint density at radius 3 is 2.28 bits per heavy atom. The van der Waals surface area contributed by atoms with Crippen LogP contribution in [0.3, 0.4) is 0 Å². The molecule has 3 saturated heterocycles. The van der Waals surface area contributed by atoms with E-state index in [1.807, 2.05) is 72.8 Å². The summed E-state index contributed by atoms with van der Waals surface area (Å²) in [5.41, 5.74) is 5.93. The molecule has 0 spiro atoms. The van der Waals surface area contributed by atoms with Gasteiger partial charge < -0.3 is 49.7 Å². The average molecular weight is 922 g/mol. The number of benzene rings is 5. The van der Waals surface area contributed by atoms with E-state index in [2.05, 4.69) is 47.2 Å². The number of phenolic OH excluding ortho intramolecular Hbond substituents is 1. The van der Waals surface area contributed by atoms with Crippen LogP contribution in [0, 0.1) is 0 Å². The van der Waals surface area contributed by atoms with Gasteiger partial charge in [0.2, 0.25) is 11.5 Å². The fourth-order valence-electron chi connectivity index (χ4n) is 9.48. The van der Waals surface area contributed by atoms with Crippen molar-refractivity contribution in [2.24, 2.45) is 0 Å². The maximum atomic E-state index is 13.3. The van der Waals surface area contributed by atoms with E-state index in [0.717, 1.165) is 56.0 Å². The zero-order chi connectivity index (χ0) is 47.6. The first kappa shape index (κ1) is 46.7. The zero-order valence-corrected chi connectivity index (χ0v) is 36.6. The fourth-order valence-corrected chi connectivity index (χ4v) is 9.48. The number of morpholine rings is 1. The molecule has 0 saturated carbocycles. The van der Waals surface area contributed by atoms with Gasteiger partial charge in [0, 0.05) is 55.1 Å². The van der Waals surface area contributed by atoms with Crippen molar-refractivity contribution in [3.63, 3.8) is 0 Å². The number of rotatable bonds is 13. The first-order valence-corrected chi connectivity index (χ1v) is 21.9. The molecule has 1 unspecified atom stereocenters. The van der Waals surface area contributed by atoms with Gasteiger partial charge in [-0.15, -0.1) is 0 Å². The second-order valence-corrected chi connectivity index (χ2v) is 17.7. The number of amides is 2. The third kappa shape index (κ3) is 10.8. The van der Waals surface area contributed by atoms with Crippen molar-refractivity contribution in [2.75, 3.05) is 31.3 Å². The molecule has 17 heteroatoms. The third-order valence-corrected chi connectivity index (χ3v) is 12.9. The van der Waals surface area contributed by atoms with Gasteiger partial charge >= 0.3 is 12.3 Å². The number of likely N-dealkylation sites (N-methyl/N-ethyl adjacent to an activating group) is 1. The van der Waals surface area contributed by atoms with E-state index in [9.17, 15) is 37.8 Å². The molecule has 14 nitrogen and oxygen atoms in total. The summed E-state index contributed by atoms with van der Waals surface area (Å²) in [5, 5.41) is 41.9.